The molecule has 0 aromatic heterocycles. The minimum Gasteiger partial charge on any atom is -0.544 e. The molecule has 0 aliphatic carbocycles. The number of hydrogen-bond donors (Lipinski definition) is 0. The van der Waals surface area contributed by atoms with Crippen LogP contribution in [0.2, 0.25) is 0 Å². The lowest BCUT2D eigenvalue weighted by Gasteiger charge is -2.34. The first-order chi connectivity index (χ1) is 24.6. The van der Waals surface area contributed by atoms with Crippen LogP contribution in [-0.4, -0.2) is 75.5 Å². The van der Waals surface area contributed by atoms with Gasteiger partial charge in [-0.3, -0.25) is 9.59 Å². The standard InChI is InChI=1S/C43H79NO7/c1-6-8-10-12-14-16-18-20-21-22-24-25-27-29-31-33-41(45)50-38-39(37-49-36-35-40(43(47)48)44(3,4)5)51-42(46)34-32-30-28-26-23-19-17-15-13-11-9-7-2/h15-18,39-40H,6-14,19-38H2,1-5H3/b17-15+,18-16+. The van der Waals surface area contributed by atoms with Gasteiger partial charge >= 0.3 is 11.9 Å². The van der Waals surface area contributed by atoms with Crippen molar-refractivity contribution in [3.8, 4) is 0 Å². The summed E-state index contributed by atoms with van der Waals surface area (Å²) < 4.78 is 17.1. The highest BCUT2D eigenvalue weighted by Crippen LogP contribution is 2.13. The molecule has 51 heavy (non-hydrogen) atoms. The van der Waals surface area contributed by atoms with Gasteiger partial charge in [0.15, 0.2) is 6.10 Å². The number of likely N-dealkylation sites (N-methyl/N-ethyl adjacent to an activating group) is 1. The molecule has 0 aromatic carbocycles. The molecule has 0 aliphatic heterocycles. The number of carboxylic acid groups (broad SMARTS) is 1. The lowest BCUT2D eigenvalue weighted by atomic mass is 10.1. The molecule has 8 nitrogen and oxygen atoms in total. The van der Waals surface area contributed by atoms with E-state index in [1.807, 2.05) is 0 Å². The van der Waals surface area contributed by atoms with Crippen molar-refractivity contribution in [2.45, 2.75) is 193 Å². The summed E-state index contributed by atoms with van der Waals surface area (Å²) in [6.07, 6.45) is 36.2. The smallest absolute Gasteiger partial charge is 0.306 e. The van der Waals surface area contributed by atoms with Crippen molar-refractivity contribution < 1.29 is 38.2 Å². The predicted octanol–water partition coefficient (Wildman–Crippen LogP) is 9.58. The van der Waals surface area contributed by atoms with Gasteiger partial charge in [-0.05, 0) is 64.2 Å². The molecule has 0 heterocycles. The SMILES string of the molecule is CCCCC/C=C/CCCCCCCC(=O)OC(COCCC(C(=O)[O-])[N+](C)(C)C)COC(=O)CCCCCCCCC/C=C/CCCCCC. The third kappa shape index (κ3) is 33.4. The van der Waals surface area contributed by atoms with Crippen LogP contribution in [0.1, 0.15) is 181 Å². The molecular formula is C43H79NO7. The highest BCUT2D eigenvalue weighted by molar-refractivity contribution is 5.70. The van der Waals surface area contributed by atoms with Crippen molar-refractivity contribution in [3.63, 3.8) is 0 Å². The number of nitrogens with zero attached hydrogens (tertiary/aromatic N) is 1. The van der Waals surface area contributed by atoms with E-state index in [1.165, 1.54) is 96.3 Å². The number of aliphatic carboxylic acids is 1. The van der Waals surface area contributed by atoms with Gasteiger partial charge in [0.2, 0.25) is 0 Å². The van der Waals surface area contributed by atoms with Crippen molar-refractivity contribution in [1.82, 2.24) is 0 Å². The van der Waals surface area contributed by atoms with E-state index in [0.717, 1.165) is 51.4 Å². The molecule has 0 aliphatic rings. The van der Waals surface area contributed by atoms with Crippen LogP contribution in [0.15, 0.2) is 24.3 Å². The molecule has 0 bridgehead atoms. The highest BCUT2D eigenvalue weighted by Gasteiger charge is 2.25. The molecule has 0 amide bonds. The third-order valence-corrected chi connectivity index (χ3v) is 9.31. The summed E-state index contributed by atoms with van der Waals surface area (Å²) in [5, 5.41) is 11.6. The summed E-state index contributed by atoms with van der Waals surface area (Å²) in [7, 11) is 5.40. The molecule has 298 valence electrons. The summed E-state index contributed by atoms with van der Waals surface area (Å²) >= 11 is 0. The van der Waals surface area contributed by atoms with Gasteiger partial charge in [0, 0.05) is 19.3 Å². The number of carbonyl (C=O) groups is 3. The van der Waals surface area contributed by atoms with Crippen LogP contribution in [0.5, 0.6) is 0 Å². The van der Waals surface area contributed by atoms with Gasteiger partial charge in [-0.1, -0.05) is 122 Å². The van der Waals surface area contributed by atoms with E-state index in [0.29, 0.717) is 12.8 Å². The molecule has 0 saturated heterocycles. The molecule has 2 unspecified atom stereocenters. The van der Waals surface area contributed by atoms with E-state index < -0.39 is 18.1 Å². The van der Waals surface area contributed by atoms with Gasteiger partial charge in [0.25, 0.3) is 0 Å². The number of carboxylic acids is 1. The second kappa shape index (κ2) is 34.9. The molecule has 0 radical (unpaired) electrons. The van der Waals surface area contributed by atoms with E-state index >= 15 is 0 Å². The van der Waals surface area contributed by atoms with Gasteiger partial charge in [0.05, 0.1) is 40.3 Å². The summed E-state index contributed by atoms with van der Waals surface area (Å²) in [5.41, 5.74) is 0. The zero-order chi connectivity index (χ0) is 37.8. The second-order valence-electron chi connectivity index (χ2n) is 15.2. The fourth-order valence-corrected chi connectivity index (χ4v) is 6.00. The Hall–Kier alpha value is -2.19. The van der Waals surface area contributed by atoms with Gasteiger partial charge in [-0.25, -0.2) is 0 Å². The summed E-state index contributed by atoms with van der Waals surface area (Å²) in [6.45, 7) is 4.61. The Bertz CT molecular complexity index is 895. The first-order valence-electron chi connectivity index (χ1n) is 20.9. The largest absolute Gasteiger partial charge is 0.544 e. The van der Waals surface area contributed by atoms with E-state index in [1.54, 1.807) is 21.1 Å². The number of rotatable bonds is 37. The van der Waals surface area contributed by atoms with Crippen LogP contribution in [0, 0.1) is 0 Å². The maximum absolute atomic E-state index is 12.7. The predicted molar refractivity (Wildman–Crippen MR) is 208 cm³/mol. The number of allylic oxidation sites excluding steroid dienone is 4. The Morgan fingerprint density at radius 2 is 0.980 bits per heavy atom. The fourth-order valence-electron chi connectivity index (χ4n) is 6.00. The Kier molecular flexibility index (Phi) is 33.4. The number of quaternary nitrogens is 1. The lowest BCUT2D eigenvalue weighted by molar-refractivity contribution is -0.889. The van der Waals surface area contributed by atoms with Gasteiger partial charge < -0.3 is 28.6 Å². The van der Waals surface area contributed by atoms with E-state index in [9.17, 15) is 19.5 Å². The Morgan fingerprint density at radius 1 is 0.569 bits per heavy atom. The van der Waals surface area contributed by atoms with Gasteiger partial charge in [0.1, 0.15) is 12.6 Å². The average Bonchev–Trinajstić information content (AvgIpc) is 3.08. The Morgan fingerprint density at radius 3 is 1.45 bits per heavy atom. The zero-order valence-electron chi connectivity index (χ0n) is 33.8. The third-order valence-electron chi connectivity index (χ3n) is 9.31. The van der Waals surface area contributed by atoms with E-state index in [4.69, 9.17) is 14.2 Å². The maximum Gasteiger partial charge on any atom is 0.306 e. The summed E-state index contributed by atoms with van der Waals surface area (Å²) in [6, 6.07) is -0.724. The first-order valence-corrected chi connectivity index (χ1v) is 20.9. The molecule has 8 heteroatoms. The number of carbonyl (C=O) groups excluding carboxylic acids is 3. The summed E-state index contributed by atoms with van der Waals surface area (Å²) in [4.78, 5) is 36.7. The molecule has 0 fully saturated rings. The normalized spacial score (nSPS) is 13.2. The van der Waals surface area contributed by atoms with Crippen molar-refractivity contribution in [2.75, 3.05) is 41.0 Å². The van der Waals surface area contributed by atoms with Crippen molar-refractivity contribution in [1.29, 1.82) is 0 Å². The first kappa shape index (κ1) is 48.8. The monoisotopic (exact) mass is 722 g/mol. The van der Waals surface area contributed by atoms with Crippen molar-refractivity contribution in [3.05, 3.63) is 24.3 Å². The van der Waals surface area contributed by atoms with E-state index in [2.05, 4.69) is 38.2 Å². The Labute approximate surface area is 313 Å². The Balaban J connectivity index is 4.37. The molecule has 0 N–H and O–H groups in total. The molecule has 2 atom stereocenters. The average molecular weight is 722 g/mol. The van der Waals surface area contributed by atoms with Gasteiger partial charge in [-0.15, -0.1) is 0 Å². The number of esters is 2. The molecule has 0 spiro atoms. The zero-order valence-corrected chi connectivity index (χ0v) is 33.8. The molecular weight excluding hydrogens is 642 g/mol. The molecule has 0 saturated carbocycles. The molecule has 0 rings (SSSR count). The summed E-state index contributed by atoms with van der Waals surface area (Å²) in [5.74, 6) is -1.75. The maximum atomic E-state index is 12.7. The molecule has 0 aromatic rings. The van der Waals surface area contributed by atoms with Crippen molar-refractivity contribution in [2.24, 2.45) is 0 Å². The van der Waals surface area contributed by atoms with Crippen LogP contribution >= 0.6 is 0 Å². The lowest BCUT2D eigenvalue weighted by Crippen LogP contribution is -2.55. The van der Waals surface area contributed by atoms with Crippen LogP contribution in [0.3, 0.4) is 0 Å². The topological polar surface area (TPSA) is 102 Å². The second-order valence-corrected chi connectivity index (χ2v) is 15.2. The van der Waals surface area contributed by atoms with E-state index in [-0.39, 0.29) is 42.7 Å². The minimum atomic E-state index is -1.13. The van der Waals surface area contributed by atoms with Crippen LogP contribution in [0.25, 0.3) is 0 Å². The van der Waals surface area contributed by atoms with Crippen LogP contribution in [-0.2, 0) is 28.6 Å². The minimum absolute atomic E-state index is 0.0383. The quantitative estimate of drug-likeness (QED) is 0.0273. The van der Waals surface area contributed by atoms with Crippen LogP contribution in [0.4, 0.5) is 0 Å². The number of ether oxygens (including phenoxy) is 3. The highest BCUT2D eigenvalue weighted by atomic mass is 16.6. The van der Waals surface area contributed by atoms with Gasteiger partial charge in [-0.2, -0.15) is 0 Å². The van der Waals surface area contributed by atoms with Crippen LogP contribution < -0.4 is 5.11 Å². The van der Waals surface area contributed by atoms with Crippen molar-refractivity contribution >= 4 is 17.9 Å². The number of unbranched alkanes of at least 4 members (excludes halogenated alkanes) is 19. The fraction of sp³-hybridized carbons (Fsp3) is 0.837. The number of hydrogen-bond acceptors (Lipinski definition) is 7.